The molecule has 2 aromatic heterocycles. The van der Waals surface area contributed by atoms with Crippen molar-refractivity contribution < 1.29 is 9.21 Å². The van der Waals surface area contributed by atoms with E-state index in [2.05, 4.69) is 15.3 Å². The Morgan fingerprint density at radius 2 is 2.23 bits per heavy atom. The van der Waals surface area contributed by atoms with Crippen LogP contribution < -0.4 is 5.32 Å². The first-order chi connectivity index (χ1) is 12.7. The largest absolute Gasteiger partial charge is 0.465 e. The predicted molar refractivity (Wildman–Crippen MR) is 99.1 cm³/mol. The average Bonchev–Trinajstić information content (AvgIpc) is 3.37. The molecule has 1 atom stereocenters. The number of aromatic nitrogens is 2. The molecule has 1 fully saturated rings. The van der Waals surface area contributed by atoms with E-state index in [0.717, 1.165) is 42.3 Å². The molecule has 26 heavy (non-hydrogen) atoms. The Hall–Kier alpha value is -2.86. The number of carbonyl (C=O) groups is 1. The lowest BCUT2D eigenvalue weighted by Gasteiger charge is -2.22. The van der Waals surface area contributed by atoms with Crippen LogP contribution in [-0.2, 0) is 11.3 Å². The van der Waals surface area contributed by atoms with Crippen LogP contribution in [-0.4, -0.2) is 33.2 Å². The van der Waals surface area contributed by atoms with Crippen molar-refractivity contribution in [3.8, 4) is 5.69 Å². The topological polar surface area (TPSA) is 63.3 Å². The fourth-order valence-corrected chi connectivity index (χ4v) is 3.46. The van der Waals surface area contributed by atoms with Gasteiger partial charge in [-0.15, -0.1) is 0 Å². The number of anilines is 1. The lowest BCUT2D eigenvalue weighted by Crippen LogP contribution is -2.39. The molecule has 1 aliphatic rings. The first-order valence-electron chi connectivity index (χ1n) is 8.89. The molecule has 0 bridgehead atoms. The van der Waals surface area contributed by atoms with Crippen molar-refractivity contribution in [3.63, 3.8) is 0 Å². The minimum absolute atomic E-state index is 0.0309. The van der Waals surface area contributed by atoms with Crippen molar-refractivity contribution in [1.29, 1.82) is 0 Å². The van der Waals surface area contributed by atoms with Crippen LogP contribution in [0.25, 0.3) is 5.69 Å². The third-order valence-electron chi connectivity index (χ3n) is 4.70. The van der Waals surface area contributed by atoms with Crippen LogP contribution in [0.1, 0.15) is 24.4 Å². The molecular weight excluding hydrogens is 328 g/mol. The maximum atomic E-state index is 12.8. The Balaban J connectivity index is 1.44. The summed E-state index contributed by atoms with van der Waals surface area (Å²) in [6.07, 6.45) is 5.50. The molecule has 134 valence electrons. The molecule has 0 spiro atoms. The van der Waals surface area contributed by atoms with Gasteiger partial charge in [0.1, 0.15) is 11.5 Å². The van der Waals surface area contributed by atoms with E-state index in [-0.39, 0.29) is 11.9 Å². The van der Waals surface area contributed by atoms with Gasteiger partial charge in [-0.2, -0.15) is 5.10 Å². The number of carbonyl (C=O) groups excluding carboxylic acids is 1. The van der Waals surface area contributed by atoms with E-state index < -0.39 is 0 Å². The van der Waals surface area contributed by atoms with Gasteiger partial charge in [0, 0.05) is 18.1 Å². The first-order valence-corrected chi connectivity index (χ1v) is 8.89. The van der Waals surface area contributed by atoms with Crippen molar-refractivity contribution in [2.75, 3.05) is 11.9 Å². The molecule has 1 amide bonds. The minimum atomic E-state index is -0.131. The molecule has 6 nitrogen and oxygen atoms in total. The number of benzene rings is 1. The smallest absolute Gasteiger partial charge is 0.241 e. The highest BCUT2D eigenvalue weighted by atomic mass is 16.3. The fraction of sp³-hybridized carbons (Fsp3) is 0.300. The van der Waals surface area contributed by atoms with Crippen LogP contribution in [0.15, 0.2) is 59.3 Å². The average molecular weight is 350 g/mol. The van der Waals surface area contributed by atoms with Gasteiger partial charge in [0.25, 0.3) is 0 Å². The van der Waals surface area contributed by atoms with Crippen molar-refractivity contribution in [3.05, 3.63) is 66.4 Å². The number of hydrogen-bond acceptors (Lipinski definition) is 4. The normalized spacial score (nSPS) is 17.5. The van der Waals surface area contributed by atoms with Crippen molar-refractivity contribution in [2.45, 2.75) is 32.4 Å². The molecule has 1 saturated heterocycles. The fourth-order valence-electron chi connectivity index (χ4n) is 3.46. The van der Waals surface area contributed by atoms with Crippen molar-refractivity contribution in [2.24, 2.45) is 0 Å². The molecular formula is C20H22N4O2. The Morgan fingerprint density at radius 1 is 1.31 bits per heavy atom. The van der Waals surface area contributed by atoms with Crippen LogP contribution in [0.2, 0.25) is 0 Å². The standard InChI is InChI=1S/C20H22N4O2/c1-15-8-9-18(26-15)14-23-11-3-7-19(23)20(25)22-16-5-2-6-17(13-16)24-12-4-10-21-24/h2,4-6,8-10,12-13,19H,3,7,11,14H2,1H3,(H,22,25)/t19-/m0/s1. The highest BCUT2D eigenvalue weighted by Gasteiger charge is 2.31. The molecule has 3 aromatic rings. The summed E-state index contributed by atoms with van der Waals surface area (Å²) in [7, 11) is 0. The van der Waals surface area contributed by atoms with Crippen molar-refractivity contribution >= 4 is 11.6 Å². The molecule has 0 saturated carbocycles. The Kier molecular flexibility index (Phi) is 4.58. The zero-order valence-electron chi connectivity index (χ0n) is 14.8. The number of likely N-dealkylation sites (tertiary alicyclic amines) is 1. The van der Waals surface area contributed by atoms with E-state index >= 15 is 0 Å². The molecule has 6 heteroatoms. The van der Waals surface area contributed by atoms with Gasteiger partial charge in [-0.3, -0.25) is 9.69 Å². The minimum Gasteiger partial charge on any atom is -0.465 e. The molecule has 1 aromatic carbocycles. The summed E-state index contributed by atoms with van der Waals surface area (Å²) in [5, 5.41) is 7.29. The maximum absolute atomic E-state index is 12.8. The zero-order valence-corrected chi connectivity index (χ0v) is 14.8. The van der Waals surface area contributed by atoms with E-state index in [1.807, 2.05) is 55.6 Å². The maximum Gasteiger partial charge on any atom is 0.241 e. The number of aryl methyl sites for hydroxylation is 1. The van der Waals surface area contributed by atoms with Gasteiger partial charge < -0.3 is 9.73 Å². The summed E-state index contributed by atoms with van der Waals surface area (Å²) < 4.78 is 7.44. The molecule has 0 radical (unpaired) electrons. The number of amides is 1. The SMILES string of the molecule is Cc1ccc(CN2CCC[C@H]2C(=O)Nc2cccc(-n3cccn3)c2)o1. The quantitative estimate of drug-likeness (QED) is 0.766. The zero-order chi connectivity index (χ0) is 17.9. The summed E-state index contributed by atoms with van der Waals surface area (Å²) in [6.45, 7) is 3.51. The Bertz CT molecular complexity index is 885. The summed E-state index contributed by atoms with van der Waals surface area (Å²) in [6, 6.07) is 13.4. The van der Waals surface area contributed by atoms with E-state index in [0.29, 0.717) is 6.54 Å². The van der Waals surface area contributed by atoms with E-state index in [9.17, 15) is 4.79 Å². The van der Waals surface area contributed by atoms with Gasteiger partial charge in [0.2, 0.25) is 5.91 Å². The monoisotopic (exact) mass is 350 g/mol. The van der Waals surface area contributed by atoms with Crippen LogP contribution >= 0.6 is 0 Å². The van der Waals surface area contributed by atoms with Gasteiger partial charge >= 0.3 is 0 Å². The van der Waals surface area contributed by atoms with Gasteiger partial charge in [-0.25, -0.2) is 4.68 Å². The number of hydrogen-bond donors (Lipinski definition) is 1. The van der Waals surface area contributed by atoms with Crippen molar-refractivity contribution in [1.82, 2.24) is 14.7 Å². The first kappa shape index (κ1) is 16.6. The molecule has 0 aliphatic carbocycles. The summed E-state index contributed by atoms with van der Waals surface area (Å²) in [5.74, 6) is 1.84. The lowest BCUT2D eigenvalue weighted by atomic mass is 10.2. The number of furan rings is 1. The summed E-state index contributed by atoms with van der Waals surface area (Å²) in [5.41, 5.74) is 1.70. The molecule has 0 unspecified atom stereocenters. The molecule has 4 rings (SSSR count). The van der Waals surface area contributed by atoms with Gasteiger partial charge in [0.15, 0.2) is 0 Å². The van der Waals surface area contributed by atoms with Gasteiger partial charge in [0.05, 0.1) is 18.3 Å². The van der Waals surface area contributed by atoms with E-state index in [4.69, 9.17) is 4.42 Å². The van der Waals surface area contributed by atoms with Crippen LogP contribution in [0.5, 0.6) is 0 Å². The summed E-state index contributed by atoms with van der Waals surface area (Å²) in [4.78, 5) is 15.0. The Labute approximate surface area is 152 Å². The van der Waals surface area contributed by atoms with E-state index in [1.165, 1.54) is 0 Å². The molecule has 3 heterocycles. The second-order valence-corrected chi connectivity index (χ2v) is 6.63. The third-order valence-corrected chi connectivity index (χ3v) is 4.70. The van der Waals surface area contributed by atoms with Crippen LogP contribution in [0.3, 0.4) is 0 Å². The highest BCUT2D eigenvalue weighted by Crippen LogP contribution is 2.23. The van der Waals surface area contributed by atoms with Crippen LogP contribution in [0.4, 0.5) is 5.69 Å². The Morgan fingerprint density at radius 3 is 3.00 bits per heavy atom. The number of rotatable bonds is 5. The lowest BCUT2D eigenvalue weighted by molar-refractivity contribution is -0.120. The second-order valence-electron chi connectivity index (χ2n) is 6.63. The third kappa shape index (κ3) is 3.55. The van der Waals surface area contributed by atoms with E-state index in [1.54, 1.807) is 10.9 Å². The highest BCUT2D eigenvalue weighted by molar-refractivity contribution is 5.95. The van der Waals surface area contributed by atoms with Gasteiger partial charge in [-0.05, 0) is 62.7 Å². The van der Waals surface area contributed by atoms with Crippen LogP contribution in [0, 0.1) is 6.92 Å². The molecule has 1 aliphatic heterocycles. The van der Waals surface area contributed by atoms with Gasteiger partial charge in [-0.1, -0.05) is 6.07 Å². The predicted octanol–water partition coefficient (Wildman–Crippen LogP) is 3.38. The number of nitrogens with one attached hydrogen (secondary N) is 1. The summed E-state index contributed by atoms with van der Waals surface area (Å²) >= 11 is 0. The second kappa shape index (κ2) is 7.17. The molecule has 1 N–H and O–H groups in total. The number of nitrogens with zero attached hydrogens (tertiary/aromatic N) is 3.